The van der Waals surface area contributed by atoms with E-state index in [9.17, 15) is 0 Å². The number of fused-ring (bicyclic) bond motifs is 16. The lowest BCUT2D eigenvalue weighted by Gasteiger charge is -2.12. The molecule has 0 spiro atoms. The average Bonchev–Trinajstić information content (AvgIpc) is 3.83. The van der Waals surface area contributed by atoms with Crippen LogP contribution in [0.15, 0.2) is 133 Å². The van der Waals surface area contributed by atoms with Crippen LogP contribution < -0.4 is 0 Å². The maximum absolute atomic E-state index is 2.53. The van der Waals surface area contributed by atoms with Gasteiger partial charge in [0.05, 0.1) is 66.2 Å². The summed E-state index contributed by atoms with van der Waals surface area (Å²) in [5, 5.41) is 10.4. The van der Waals surface area contributed by atoms with Gasteiger partial charge in [0, 0.05) is 43.1 Å². The first-order valence-corrected chi connectivity index (χ1v) is 16.0. The van der Waals surface area contributed by atoms with Crippen molar-refractivity contribution >= 4 is 109 Å². The fourth-order valence-electron chi connectivity index (χ4n) is 9.31. The molecule has 0 atom stereocenters. The van der Waals surface area contributed by atoms with Gasteiger partial charge in [-0.1, -0.05) is 84.9 Å². The molecule has 0 aliphatic carbocycles. The summed E-state index contributed by atoms with van der Waals surface area (Å²) in [6, 6.07) is 49.8. The molecule has 210 valence electrons. The summed E-state index contributed by atoms with van der Waals surface area (Å²) in [6.45, 7) is 0. The number of hydrogen-bond donors (Lipinski definition) is 0. The minimum absolute atomic E-state index is 1.24. The zero-order valence-corrected chi connectivity index (χ0v) is 24.5. The Morgan fingerprint density at radius 1 is 0.217 bits per heavy atom. The largest absolute Gasteiger partial charge is 0.305 e. The number of benzene rings is 7. The van der Waals surface area contributed by atoms with Crippen molar-refractivity contribution in [3.8, 4) is 0 Å². The van der Waals surface area contributed by atoms with Crippen molar-refractivity contribution in [1.82, 2.24) is 17.6 Å². The molecule has 4 nitrogen and oxygen atoms in total. The van der Waals surface area contributed by atoms with Crippen molar-refractivity contribution in [3.05, 3.63) is 133 Å². The van der Waals surface area contributed by atoms with Gasteiger partial charge in [-0.2, -0.15) is 0 Å². The SMILES string of the molecule is c1ccc2c(c1)c1cccc3c1n2c1cccc2c4cc5c6cccc7c6n(c5cc4n3c21)c1cccc2c3ccccc3n7c21. The second-order valence-electron chi connectivity index (χ2n) is 13.0. The molecule has 0 amide bonds. The maximum Gasteiger partial charge on any atom is 0.0783 e. The average molecular weight is 583 g/mol. The molecule has 13 rings (SSSR count). The van der Waals surface area contributed by atoms with Crippen LogP contribution in [0.3, 0.4) is 0 Å². The van der Waals surface area contributed by atoms with E-state index < -0.39 is 0 Å². The topological polar surface area (TPSA) is 17.6 Å². The minimum Gasteiger partial charge on any atom is -0.305 e. The molecule has 13 aromatic rings. The molecule has 7 aromatic carbocycles. The zero-order valence-electron chi connectivity index (χ0n) is 24.5. The Bertz CT molecular complexity index is 3240. The monoisotopic (exact) mass is 582 g/mol. The highest BCUT2D eigenvalue weighted by Gasteiger charge is 2.24. The van der Waals surface area contributed by atoms with Crippen LogP contribution in [-0.2, 0) is 0 Å². The van der Waals surface area contributed by atoms with Crippen molar-refractivity contribution in [2.75, 3.05) is 0 Å². The van der Waals surface area contributed by atoms with E-state index >= 15 is 0 Å². The molecule has 46 heavy (non-hydrogen) atoms. The van der Waals surface area contributed by atoms with E-state index in [0.29, 0.717) is 0 Å². The Morgan fingerprint density at radius 3 is 0.935 bits per heavy atom. The van der Waals surface area contributed by atoms with Crippen molar-refractivity contribution in [2.24, 2.45) is 0 Å². The van der Waals surface area contributed by atoms with Crippen molar-refractivity contribution in [2.45, 2.75) is 0 Å². The number of para-hydroxylation sites is 6. The van der Waals surface area contributed by atoms with Crippen LogP contribution in [0.4, 0.5) is 0 Å². The Kier molecular flexibility index (Phi) is 3.47. The molecule has 0 saturated carbocycles. The highest BCUT2D eigenvalue weighted by atomic mass is 15.0. The smallest absolute Gasteiger partial charge is 0.0783 e. The number of nitrogens with zero attached hydrogens (tertiary/aromatic N) is 4. The first kappa shape index (κ1) is 22.3. The molecule has 0 aliphatic heterocycles. The minimum atomic E-state index is 1.24. The second-order valence-corrected chi connectivity index (χ2v) is 13.0. The summed E-state index contributed by atoms with van der Waals surface area (Å²) >= 11 is 0. The van der Waals surface area contributed by atoms with Crippen LogP contribution in [0.1, 0.15) is 0 Å². The molecule has 0 fully saturated rings. The Balaban J connectivity index is 1.34. The van der Waals surface area contributed by atoms with E-state index in [1.165, 1.54) is 109 Å². The van der Waals surface area contributed by atoms with Crippen LogP contribution in [0, 0.1) is 0 Å². The molecule has 4 heteroatoms. The van der Waals surface area contributed by atoms with Crippen LogP contribution in [0.5, 0.6) is 0 Å². The van der Waals surface area contributed by atoms with Gasteiger partial charge >= 0.3 is 0 Å². The Hall–Kier alpha value is -6.26. The molecule has 0 aliphatic rings. The lowest BCUT2D eigenvalue weighted by molar-refractivity contribution is 1.25. The molecule has 6 heterocycles. The van der Waals surface area contributed by atoms with E-state index in [2.05, 4.69) is 151 Å². The normalized spacial score (nSPS) is 13.2. The molecule has 6 aromatic heterocycles. The van der Waals surface area contributed by atoms with Gasteiger partial charge in [0.25, 0.3) is 0 Å². The van der Waals surface area contributed by atoms with Gasteiger partial charge in [-0.3, -0.25) is 0 Å². The number of hydrogen-bond acceptors (Lipinski definition) is 0. The number of rotatable bonds is 0. The van der Waals surface area contributed by atoms with Gasteiger partial charge in [0.15, 0.2) is 0 Å². The fraction of sp³-hybridized carbons (Fsp3) is 0. The van der Waals surface area contributed by atoms with E-state index in [0.717, 1.165) is 0 Å². The van der Waals surface area contributed by atoms with Gasteiger partial charge in [-0.15, -0.1) is 0 Å². The third-order valence-electron chi connectivity index (χ3n) is 11.0. The van der Waals surface area contributed by atoms with Crippen molar-refractivity contribution in [1.29, 1.82) is 0 Å². The van der Waals surface area contributed by atoms with E-state index in [4.69, 9.17) is 0 Å². The Labute approximate surface area is 259 Å². The van der Waals surface area contributed by atoms with Crippen molar-refractivity contribution < 1.29 is 0 Å². The molecule has 0 N–H and O–H groups in total. The molecule has 0 unspecified atom stereocenters. The standard InChI is InChI=1S/C42H22N4/c1-3-15-31-23(9-1)25-11-5-19-35-39(25)43(31)33-17-7-13-27-29-21-30-28-14-8-18-34-42(28)46(38(30)22-37(29)45(35)41(27)33)36-20-6-12-26-24-10-2-4-16-32(24)44(34)40(26)36/h1-22H. The summed E-state index contributed by atoms with van der Waals surface area (Å²) in [4.78, 5) is 0. The lowest BCUT2D eigenvalue weighted by atomic mass is 10.1. The van der Waals surface area contributed by atoms with Gasteiger partial charge < -0.3 is 17.6 Å². The van der Waals surface area contributed by atoms with Crippen LogP contribution in [-0.4, -0.2) is 17.6 Å². The molecule has 0 saturated heterocycles. The summed E-state index contributed by atoms with van der Waals surface area (Å²) in [5.41, 5.74) is 15.1. The molecular formula is C42H22N4. The molecular weight excluding hydrogens is 560 g/mol. The summed E-state index contributed by atoms with van der Waals surface area (Å²) in [5.74, 6) is 0. The van der Waals surface area contributed by atoms with Crippen molar-refractivity contribution in [3.63, 3.8) is 0 Å². The number of aromatic nitrogens is 4. The van der Waals surface area contributed by atoms with Gasteiger partial charge in [0.1, 0.15) is 0 Å². The second kappa shape index (κ2) is 7.17. The zero-order chi connectivity index (χ0) is 29.4. The first-order valence-electron chi connectivity index (χ1n) is 16.0. The van der Waals surface area contributed by atoms with Crippen LogP contribution in [0.2, 0.25) is 0 Å². The van der Waals surface area contributed by atoms with Crippen LogP contribution in [0.25, 0.3) is 109 Å². The quantitative estimate of drug-likeness (QED) is 0.158. The van der Waals surface area contributed by atoms with E-state index in [-0.39, 0.29) is 0 Å². The highest BCUT2D eigenvalue weighted by Crippen LogP contribution is 2.45. The third-order valence-corrected chi connectivity index (χ3v) is 11.0. The summed E-state index contributed by atoms with van der Waals surface area (Å²) < 4.78 is 10.0. The predicted molar refractivity (Wildman–Crippen MR) is 193 cm³/mol. The predicted octanol–water partition coefficient (Wildman–Crippen LogP) is 10.8. The van der Waals surface area contributed by atoms with E-state index in [1.807, 2.05) is 0 Å². The lowest BCUT2D eigenvalue weighted by Crippen LogP contribution is -1.97. The van der Waals surface area contributed by atoms with Gasteiger partial charge in [0.2, 0.25) is 0 Å². The summed E-state index contributed by atoms with van der Waals surface area (Å²) in [7, 11) is 0. The van der Waals surface area contributed by atoms with E-state index in [1.54, 1.807) is 0 Å². The third kappa shape index (κ3) is 2.21. The maximum atomic E-state index is 2.53. The van der Waals surface area contributed by atoms with Crippen LogP contribution >= 0.6 is 0 Å². The highest BCUT2D eigenvalue weighted by molar-refractivity contribution is 6.27. The molecule has 0 bridgehead atoms. The summed E-state index contributed by atoms with van der Waals surface area (Å²) in [6.07, 6.45) is 0. The molecule has 0 radical (unpaired) electrons. The fourth-order valence-corrected chi connectivity index (χ4v) is 9.31. The Morgan fingerprint density at radius 2 is 0.522 bits per heavy atom. The van der Waals surface area contributed by atoms with Gasteiger partial charge in [-0.05, 0) is 48.5 Å². The van der Waals surface area contributed by atoms with Gasteiger partial charge in [-0.25, -0.2) is 0 Å². The first-order chi connectivity index (χ1) is 22.9.